The summed E-state index contributed by atoms with van der Waals surface area (Å²) in [6.07, 6.45) is 3.40. The monoisotopic (exact) mass is 610 g/mol. The zero-order valence-corrected chi connectivity index (χ0v) is 19.7. The van der Waals surface area contributed by atoms with Crippen molar-refractivity contribution in [3.8, 4) is 0 Å². The Balaban J connectivity index is 0. The topological polar surface area (TPSA) is 123 Å². The fourth-order valence-corrected chi connectivity index (χ4v) is 4.00. The van der Waals surface area contributed by atoms with Crippen LogP contribution in [-0.4, -0.2) is 12.2 Å². The average Bonchev–Trinajstić information content (AvgIpc) is 2.31. The van der Waals surface area contributed by atoms with E-state index in [1.165, 1.54) is 20.7 Å². The molecule has 1 heterocycles. The SMILES string of the molecule is O=N[O-].O=N[O-].[Hg][CH2]C1CCC([CH2][Hg])OO1. The number of nitrogens with zero attached hydrogens (tertiary/aromatic N) is 2. The molecule has 0 amide bonds. The van der Waals surface area contributed by atoms with Crippen LogP contribution in [0.5, 0.6) is 0 Å². The minimum atomic E-state index is 0.458. The van der Waals surface area contributed by atoms with Crippen LogP contribution in [-0.2, 0) is 62.0 Å². The molecule has 0 aliphatic carbocycles. The molecule has 1 aliphatic rings. The van der Waals surface area contributed by atoms with Crippen LogP contribution < -0.4 is 0 Å². The van der Waals surface area contributed by atoms with E-state index in [2.05, 4.69) is 0 Å². The molecule has 86 valence electrons. The molecule has 0 saturated carbocycles. The second-order valence-corrected chi connectivity index (χ2v) is 7.23. The first-order valence-corrected chi connectivity index (χ1v) is 12.3. The number of hydrogen-bond donors (Lipinski definition) is 0. The normalized spacial score (nSPS) is 23.0. The molecule has 0 N–H and O–H groups in total. The molecule has 1 fully saturated rings. The first-order chi connectivity index (χ1) is 7.69. The molecule has 2 atom stereocenters. The molecular weight excluding hydrogens is 597 g/mol. The maximum absolute atomic E-state index is 8.00. The molecule has 16 heavy (non-hydrogen) atoms. The van der Waals surface area contributed by atoms with Gasteiger partial charge in [0, 0.05) is 0 Å². The van der Waals surface area contributed by atoms with Crippen molar-refractivity contribution in [2.24, 2.45) is 10.7 Å². The van der Waals surface area contributed by atoms with Gasteiger partial charge in [-0.2, -0.15) is 0 Å². The Morgan fingerprint density at radius 1 is 1.00 bits per heavy atom. The molecule has 1 rings (SSSR count). The molecule has 0 aromatic heterocycles. The van der Waals surface area contributed by atoms with Gasteiger partial charge in [-0.1, -0.05) is 0 Å². The van der Waals surface area contributed by atoms with E-state index in [-0.39, 0.29) is 0 Å². The van der Waals surface area contributed by atoms with E-state index >= 15 is 0 Å². The van der Waals surface area contributed by atoms with Crippen LogP contribution in [0.15, 0.2) is 10.7 Å². The fourth-order valence-electron chi connectivity index (χ4n) is 1.01. The van der Waals surface area contributed by atoms with Crippen LogP contribution >= 0.6 is 0 Å². The van der Waals surface area contributed by atoms with E-state index in [1.54, 1.807) is 0 Å². The third-order valence-electron chi connectivity index (χ3n) is 1.78. The van der Waals surface area contributed by atoms with E-state index in [0.29, 0.717) is 12.2 Å². The van der Waals surface area contributed by atoms with Crippen molar-refractivity contribution in [3.05, 3.63) is 20.2 Å². The molecule has 0 aromatic carbocycles. The molecule has 0 spiro atoms. The van der Waals surface area contributed by atoms with Gasteiger partial charge in [0.25, 0.3) is 0 Å². The van der Waals surface area contributed by atoms with Gasteiger partial charge >= 0.3 is 94.9 Å². The van der Waals surface area contributed by atoms with E-state index in [1.807, 2.05) is 0 Å². The van der Waals surface area contributed by atoms with Gasteiger partial charge in [-0.25, -0.2) is 0 Å². The molecule has 0 radical (unpaired) electrons. The van der Waals surface area contributed by atoms with Gasteiger partial charge in [-0.05, 0) is 0 Å². The maximum atomic E-state index is 8.00. The van der Waals surface area contributed by atoms with Crippen LogP contribution in [0, 0.1) is 20.2 Å². The fraction of sp³-hybridized carbons (Fsp3) is 1.00. The predicted octanol–water partition coefficient (Wildman–Crippen LogP) is 1.90. The van der Waals surface area contributed by atoms with Crippen LogP contribution in [0.1, 0.15) is 12.8 Å². The van der Waals surface area contributed by atoms with Gasteiger partial charge in [0.05, 0.1) is 0 Å². The molecule has 0 aromatic rings. The average molecular weight is 607 g/mol. The Morgan fingerprint density at radius 2 is 1.25 bits per heavy atom. The van der Waals surface area contributed by atoms with Crippen molar-refractivity contribution in [2.45, 2.75) is 32.9 Å². The summed E-state index contributed by atoms with van der Waals surface area (Å²) in [4.78, 5) is 26.4. The molecule has 1 saturated heterocycles. The van der Waals surface area contributed by atoms with Crippen molar-refractivity contribution < 1.29 is 62.0 Å². The van der Waals surface area contributed by atoms with Crippen LogP contribution in [0.4, 0.5) is 0 Å². The van der Waals surface area contributed by atoms with E-state index in [0.717, 1.165) is 62.9 Å². The number of rotatable bonds is 2. The van der Waals surface area contributed by atoms with Gasteiger partial charge in [0.15, 0.2) is 0 Å². The summed E-state index contributed by atoms with van der Waals surface area (Å²) in [5, 5.41) is 18.0. The summed E-state index contributed by atoms with van der Waals surface area (Å²) in [5.41, 5.74) is 0. The molecule has 1 aliphatic heterocycles. The molecular formula is C6H10Hg2N2O6-2. The van der Waals surface area contributed by atoms with Crippen LogP contribution in [0.2, 0.25) is 7.86 Å². The Morgan fingerprint density at radius 3 is 1.38 bits per heavy atom. The summed E-state index contributed by atoms with van der Waals surface area (Å²) in [7, 11) is 0. The zero-order valence-electron chi connectivity index (χ0n) is 8.74. The summed E-state index contributed by atoms with van der Waals surface area (Å²) in [6, 6.07) is 0. The third kappa shape index (κ3) is 12.7. The molecule has 8 nitrogen and oxygen atoms in total. The van der Waals surface area contributed by atoms with E-state index in [9.17, 15) is 0 Å². The van der Waals surface area contributed by atoms with Gasteiger partial charge < -0.3 is 20.2 Å². The van der Waals surface area contributed by atoms with E-state index < -0.39 is 0 Å². The Kier molecular flexibility index (Phi) is 18.5. The molecule has 0 bridgehead atoms. The Hall–Kier alpha value is 0.590. The summed E-state index contributed by atoms with van der Waals surface area (Å²) in [5.74, 6) is 0. The summed E-state index contributed by atoms with van der Waals surface area (Å²) >= 11 is 1.74. The summed E-state index contributed by atoms with van der Waals surface area (Å²) < 4.78 is 2.55. The van der Waals surface area contributed by atoms with Gasteiger partial charge in [0.2, 0.25) is 0 Å². The van der Waals surface area contributed by atoms with Gasteiger partial charge in [0.1, 0.15) is 0 Å². The minimum absolute atomic E-state index is 0.458. The summed E-state index contributed by atoms with van der Waals surface area (Å²) in [6.45, 7) is 0. The van der Waals surface area contributed by atoms with Crippen molar-refractivity contribution >= 4 is 0 Å². The van der Waals surface area contributed by atoms with Crippen molar-refractivity contribution in [2.75, 3.05) is 0 Å². The van der Waals surface area contributed by atoms with Gasteiger partial charge in [-0.15, -0.1) is 10.7 Å². The Labute approximate surface area is 125 Å². The van der Waals surface area contributed by atoms with Crippen molar-refractivity contribution in [3.63, 3.8) is 0 Å². The second kappa shape index (κ2) is 15.6. The number of hydrogen-bond acceptors (Lipinski definition) is 8. The first-order valence-electron chi connectivity index (χ1n) is 4.50. The van der Waals surface area contributed by atoms with Crippen LogP contribution in [0.25, 0.3) is 0 Å². The van der Waals surface area contributed by atoms with E-state index in [4.69, 9.17) is 30.0 Å². The third-order valence-corrected chi connectivity index (χ3v) is 6.79. The second-order valence-electron chi connectivity index (χ2n) is 2.74. The molecule has 2 unspecified atom stereocenters. The van der Waals surface area contributed by atoms with Crippen molar-refractivity contribution in [1.82, 2.24) is 0 Å². The first kappa shape index (κ1) is 18.9. The quantitative estimate of drug-likeness (QED) is 0.205. The molecule has 10 heteroatoms. The standard InChI is InChI=1S/C6H10O2.2Hg.2HNO2/c1-5-3-4-6(2)8-7-5;;;2*2-1-3/h5-6H,1-4H2;;;2*(H,2,3)/p-2. The van der Waals surface area contributed by atoms with Crippen molar-refractivity contribution in [1.29, 1.82) is 0 Å². The van der Waals surface area contributed by atoms with Gasteiger partial charge in [-0.3, -0.25) is 0 Å². The predicted molar refractivity (Wildman–Crippen MR) is 46.9 cm³/mol. The zero-order chi connectivity index (χ0) is 12.8. The van der Waals surface area contributed by atoms with Crippen LogP contribution in [0.3, 0.4) is 0 Å². The Bertz CT molecular complexity index is 149.